The fraction of sp³-hybridized carbons (Fsp3) is 0.467. The summed E-state index contributed by atoms with van der Waals surface area (Å²) in [5.41, 5.74) is 0.568. The zero-order chi connectivity index (χ0) is 15.5. The molecule has 1 N–H and O–H groups in total. The standard InChI is InChI=1S/C15H19FN2O2S/c1-3-9-18(4-2)21(19,20)15-10-13(16)6-5-12(15)11-17-14-7-8-14/h1,5-6,10,14,17H,4,7-9,11H2,2H3. The van der Waals surface area contributed by atoms with Gasteiger partial charge >= 0.3 is 0 Å². The second kappa shape index (κ2) is 6.56. The van der Waals surface area contributed by atoms with Crippen LogP contribution in [0.3, 0.4) is 0 Å². The summed E-state index contributed by atoms with van der Waals surface area (Å²) in [6, 6.07) is 4.30. The first-order chi connectivity index (χ1) is 9.98. The van der Waals surface area contributed by atoms with Crippen LogP contribution >= 0.6 is 0 Å². The first-order valence-electron chi connectivity index (χ1n) is 6.94. The molecule has 0 aromatic heterocycles. The Morgan fingerprint density at radius 2 is 2.19 bits per heavy atom. The van der Waals surface area contributed by atoms with Crippen LogP contribution in [0.2, 0.25) is 0 Å². The Morgan fingerprint density at radius 3 is 2.76 bits per heavy atom. The predicted molar refractivity (Wildman–Crippen MR) is 79.5 cm³/mol. The molecule has 6 heteroatoms. The third-order valence-electron chi connectivity index (χ3n) is 3.43. The van der Waals surface area contributed by atoms with Gasteiger partial charge in [-0.15, -0.1) is 6.42 Å². The first kappa shape index (κ1) is 16.0. The number of hydrogen-bond donors (Lipinski definition) is 1. The summed E-state index contributed by atoms with van der Waals surface area (Å²) < 4.78 is 39.9. The van der Waals surface area contributed by atoms with Gasteiger partial charge in [0, 0.05) is 19.1 Å². The highest BCUT2D eigenvalue weighted by Crippen LogP contribution is 2.24. The van der Waals surface area contributed by atoms with Crippen molar-refractivity contribution in [2.24, 2.45) is 0 Å². The smallest absolute Gasteiger partial charge is 0.244 e. The van der Waals surface area contributed by atoms with Gasteiger partial charge in [0.15, 0.2) is 0 Å². The largest absolute Gasteiger partial charge is 0.310 e. The van der Waals surface area contributed by atoms with Crippen molar-refractivity contribution in [2.45, 2.75) is 37.2 Å². The molecule has 114 valence electrons. The van der Waals surface area contributed by atoms with Crippen molar-refractivity contribution in [2.75, 3.05) is 13.1 Å². The normalized spacial score (nSPS) is 15.1. The van der Waals surface area contributed by atoms with Crippen LogP contribution in [-0.2, 0) is 16.6 Å². The molecule has 1 aliphatic rings. The average Bonchev–Trinajstić information content (AvgIpc) is 3.27. The van der Waals surface area contributed by atoms with E-state index in [-0.39, 0.29) is 18.0 Å². The van der Waals surface area contributed by atoms with E-state index in [0.29, 0.717) is 18.2 Å². The number of terminal acetylenes is 1. The topological polar surface area (TPSA) is 49.4 Å². The van der Waals surface area contributed by atoms with E-state index in [1.807, 2.05) is 0 Å². The van der Waals surface area contributed by atoms with Crippen molar-refractivity contribution in [3.8, 4) is 12.3 Å². The Balaban J connectivity index is 2.34. The molecule has 0 heterocycles. The number of nitrogens with one attached hydrogen (secondary N) is 1. The number of hydrogen-bond acceptors (Lipinski definition) is 3. The molecule has 1 fully saturated rings. The van der Waals surface area contributed by atoms with Gasteiger partial charge in [0.1, 0.15) is 5.82 Å². The second-order valence-electron chi connectivity index (χ2n) is 5.04. The first-order valence-corrected chi connectivity index (χ1v) is 8.38. The Morgan fingerprint density at radius 1 is 1.48 bits per heavy atom. The van der Waals surface area contributed by atoms with Crippen LogP contribution in [0.5, 0.6) is 0 Å². The minimum atomic E-state index is -3.78. The molecule has 0 unspecified atom stereocenters. The van der Waals surface area contributed by atoms with Gasteiger partial charge in [-0.25, -0.2) is 12.8 Å². The van der Waals surface area contributed by atoms with Gasteiger partial charge in [0.05, 0.1) is 11.4 Å². The van der Waals surface area contributed by atoms with Crippen LogP contribution in [-0.4, -0.2) is 31.9 Å². The number of sulfonamides is 1. The van der Waals surface area contributed by atoms with Gasteiger partial charge in [0.2, 0.25) is 10.0 Å². The summed E-state index contributed by atoms with van der Waals surface area (Å²) in [5.74, 6) is 1.76. The molecule has 4 nitrogen and oxygen atoms in total. The van der Waals surface area contributed by atoms with E-state index in [9.17, 15) is 12.8 Å². The Bertz CT molecular complexity index is 648. The van der Waals surface area contributed by atoms with Gasteiger partial charge in [0.25, 0.3) is 0 Å². The van der Waals surface area contributed by atoms with Crippen LogP contribution in [0.25, 0.3) is 0 Å². The number of benzene rings is 1. The average molecular weight is 310 g/mol. The summed E-state index contributed by atoms with van der Waals surface area (Å²) in [5, 5.41) is 3.25. The summed E-state index contributed by atoms with van der Waals surface area (Å²) in [7, 11) is -3.78. The van der Waals surface area contributed by atoms with Crippen LogP contribution in [0.15, 0.2) is 23.1 Å². The van der Waals surface area contributed by atoms with Crippen LogP contribution in [0.4, 0.5) is 4.39 Å². The predicted octanol–water partition coefficient (Wildman–Crippen LogP) is 1.72. The molecule has 0 amide bonds. The zero-order valence-electron chi connectivity index (χ0n) is 12.0. The summed E-state index contributed by atoms with van der Waals surface area (Å²) in [4.78, 5) is -0.00671. The molecule has 1 aromatic rings. The van der Waals surface area contributed by atoms with E-state index in [1.165, 1.54) is 16.4 Å². The molecule has 0 atom stereocenters. The SMILES string of the molecule is C#CCN(CC)S(=O)(=O)c1cc(F)ccc1CNC1CC1. The molecular formula is C15H19FN2O2S. The number of rotatable bonds is 7. The highest BCUT2D eigenvalue weighted by atomic mass is 32.2. The van der Waals surface area contributed by atoms with E-state index in [0.717, 1.165) is 18.9 Å². The maximum Gasteiger partial charge on any atom is 0.244 e. The minimum Gasteiger partial charge on any atom is -0.310 e. The van der Waals surface area contributed by atoms with Crippen LogP contribution in [0.1, 0.15) is 25.3 Å². The van der Waals surface area contributed by atoms with Crippen molar-refractivity contribution in [1.82, 2.24) is 9.62 Å². The third kappa shape index (κ3) is 3.82. The lowest BCUT2D eigenvalue weighted by molar-refractivity contribution is 0.462. The number of halogens is 1. The van der Waals surface area contributed by atoms with E-state index >= 15 is 0 Å². The molecule has 0 saturated heterocycles. The Hall–Kier alpha value is -1.42. The molecule has 1 aromatic carbocycles. The molecule has 1 saturated carbocycles. The summed E-state index contributed by atoms with van der Waals surface area (Å²) >= 11 is 0. The van der Waals surface area contributed by atoms with Crippen molar-refractivity contribution >= 4 is 10.0 Å². The lowest BCUT2D eigenvalue weighted by Crippen LogP contribution is -2.32. The van der Waals surface area contributed by atoms with Gasteiger partial charge in [-0.3, -0.25) is 0 Å². The molecule has 0 aliphatic heterocycles. The van der Waals surface area contributed by atoms with Crippen LogP contribution in [0, 0.1) is 18.2 Å². The van der Waals surface area contributed by atoms with E-state index in [2.05, 4.69) is 11.2 Å². The molecule has 0 spiro atoms. The monoisotopic (exact) mass is 310 g/mol. The zero-order valence-corrected chi connectivity index (χ0v) is 12.8. The Kier molecular flexibility index (Phi) is 4.99. The molecule has 1 aliphatic carbocycles. The van der Waals surface area contributed by atoms with E-state index in [4.69, 9.17) is 6.42 Å². The van der Waals surface area contributed by atoms with Crippen molar-refractivity contribution in [3.05, 3.63) is 29.6 Å². The van der Waals surface area contributed by atoms with Gasteiger partial charge in [-0.2, -0.15) is 4.31 Å². The molecule has 2 rings (SSSR count). The highest BCUT2D eigenvalue weighted by Gasteiger charge is 2.27. The quantitative estimate of drug-likeness (QED) is 0.780. The lowest BCUT2D eigenvalue weighted by atomic mass is 10.2. The lowest BCUT2D eigenvalue weighted by Gasteiger charge is -2.20. The van der Waals surface area contributed by atoms with Gasteiger partial charge in [-0.1, -0.05) is 18.9 Å². The molecule has 0 bridgehead atoms. The third-order valence-corrected chi connectivity index (χ3v) is 5.43. The summed E-state index contributed by atoms with van der Waals surface area (Å²) in [6.07, 6.45) is 7.41. The van der Waals surface area contributed by atoms with Gasteiger partial charge < -0.3 is 5.32 Å². The fourth-order valence-electron chi connectivity index (χ4n) is 2.06. The molecular weight excluding hydrogens is 291 g/mol. The maximum absolute atomic E-state index is 13.5. The van der Waals surface area contributed by atoms with Crippen LogP contribution < -0.4 is 5.32 Å². The van der Waals surface area contributed by atoms with Crippen molar-refractivity contribution in [1.29, 1.82) is 0 Å². The Labute approximate surface area is 125 Å². The van der Waals surface area contributed by atoms with Crippen molar-refractivity contribution in [3.63, 3.8) is 0 Å². The maximum atomic E-state index is 13.5. The minimum absolute atomic E-state index is 0.00671. The highest BCUT2D eigenvalue weighted by molar-refractivity contribution is 7.89. The fourth-order valence-corrected chi connectivity index (χ4v) is 3.66. The number of nitrogens with zero attached hydrogens (tertiary/aromatic N) is 1. The van der Waals surface area contributed by atoms with E-state index < -0.39 is 15.8 Å². The van der Waals surface area contributed by atoms with Gasteiger partial charge in [-0.05, 0) is 30.5 Å². The summed E-state index contributed by atoms with van der Waals surface area (Å²) in [6.45, 7) is 2.34. The van der Waals surface area contributed by atoms with Crippen molar-refractivity contribution < 1.29 is 12.8 Å². The second-order valence-corrected chi connectivity index (χ2v) is 6.95. The molecule has 21 heavy (non-hydrogen) atoms. The molecule has 0 radical (unpaired) electrons. The van der Waals surface area contributed by atoms with E-state index in [1.54, 1.807) is 6.92 Å².